The lowest BCUT2D eigenvalue weighted by Gasteiger charge is -2.37. The van der Waals surface area contributed by atoms with Crippen molar-refractivity contribution in [3.8, 4) is 0 Å². The Bertz CT molecular complexity index is 1250. The topological polar surface area (TPSA) is 105 Å². The van der Waals surface area contributed by atoms with Gasteiger partial charge in [-0.3, -0.25) is 10.1 Å². The first-order chi connectivity index (χ1) is 16.7. The number of aryl methyl sites for hydroxylation is 1. The van der Waals surface area contributed by atoms with E-state index in [0.29, 0.717) is 54.5 Å². The van der Waals surface area contributed by atoms with Gasteiger partial charge in [0.05, 0.1) is 16.2 Å². The number of piperazine rings is 1. The zero-order chi connectivity index (χ0) is 24.7. The van der Waals surface area contributed by atoms with E-state index >= 15 is 0 Å². The molecule has 0 bridgehead atoms. The first-order valence-electron chi connectivity index (χ1n) is 11.5. The molecule has 0 atom stereocenters. The number of halogens is 3. The van der Waals surface area contributed by atoms with Crippen LogP contribution in [0.3, 0.4) is 0 Å². The van der Waals surface area contributed by atoms with Gasteiger partial charge in [-0.15, -0.1) is 0 Å². The van der Waals surface area contributed by atoms with Crippen molar-refractivity contribution >= 4 is 33.9 Å². The van der Waals surface area contributed by atoms with Crippen molar-refractivity contribution in [3.63, 3.8) is 0 Å². The van der Waals surface area contributed by atoms with Gasteiger partial charge in [0.15, 0.2) is 5.52 Å². The lowest BCUT2D eigenvalue weighted by atomic mass is 10.1. The molecule has 10 nitrogen and oxygen atoms in total. The van der Waals surface area contributed by atoms with E-state index in [4.69, 9.17) is 4.63 Å². The summed E-state index contributed by atoms with van der Waals surface area (Å²) in [5.41, 5.74) is 1.24. The second-order valence-electron chi connectivity index (χ2n) is 8.87. The Balaban J connectivity index is 1.43. The van der Waals surface area contributed by atoms with Gasteiger partial charge in [-0.25, -0.2) is 9.61 Å². The summed E-state index contributed by atoms with van der Waals surface area (Å²) in [5, 5.41) is 19.8. The predicted octanol–water partition coefficient (Wildman–Crippen LogP) is 4.17. The molecular formula is C22H24F3N7O3. The van der Waals surface area contributed by atoms with E-state index in [0.717, 1.165) is 44.6 Å². The predicted molar refractivity (Wildman–Crippen MR) is 123 cm³/mol. The average molecular weight is 491 g/mol. The normalized spacial score (nSPS) is 17.3. The van der Waals surface area contributed by atoms with Crippen LogP contribution in [0, 0.1) is 17.0 Å². The standard InChI is InChI=1S/C22H24F3N7O3/c1-14-11-15(22(23,24)25)13-26-21(14)31-9-7-30(8-10-31)16-12-17(29-5-3-2-4-6-29)20(32(33)34)19-18(16)27-35-28-19/h11-13H,2-10H2,1H3. The number of nitrogens with zero attached hydrogens (tertiary/aromatic N) is 7. The third-order valence-corrected chi connectivity index (χ3v) is 6.65. The smallest absolute Gasteiger partial charge is 0.366 e. The summed E-state index contributed by atoms with van der Waals surface area (Å²) in [6, 6.07) is 2.91. The molecule has 3 aromatic rings. The molecule has 2 aliphatic rings. The first kappa shape index (κ1) is 23.1. The van der Waals surface area contributed by atoms with Crippen LogP contribution in [-0.4, -0.2) is 59.5 Å². The molecule has 4 heterocycles. The molecule has 0 aliphatic carbocycles. The van der Waals surface area contributed by atoms with E-state index in [1.165, 1.54) is 0 Å². The minimum Gasteiger partial charge on any atom is -0.366 e. The molecule has 0 unspecified atom stereocenters. The molecule has 1 aromatic carbocycles. The van der Waals surface area contributed by atoms with Crippen LogP contribution in [0.25, 0.3) is 11.0 Å². The molecule has 2 saturated heterocycles. The van der Waals surface area contributed by atoms with Gasteiger partial charge in [-0.05, 0) is 54.2 Å². The molecule has 0 amide bonds. The van der Waals surface area contributed by atoms with E-state index < -0.39 is 16.7 Å². The van der Waals surface area contributed by atoms with Crippen LogP contribution in [0.1, 0.15) is 30.4 Å². The lowest BCUT2D eigenvalue weighted by Crippen LogP contribution is -2.47. The molecule has 0 N–H and O–H groups in total. The Kier molecular flexibility index (Phi) is 5.85. The Morgan fingerprint density at radius 1 is 0.914 bits per heavy atom. The van der Waals surface area contributed by atoms with Crippen molar-refractivity contribution in [2.24, 2.45) is 0 Å². The molecule has 2 fully saturated rings. The second kappa shape index (κ2) is 8.86. The van der Waals surface area contributed by atoms with E-state index in [1.54, 1.807) is 13.0 Å². The van der Waals surface area contributed by atoms with Gasteiger partial charge < -0.3 is 14.7 Å². The summed E-state index contributed by atoms with van der Waals surface area (Å²) in [6.07, 6.45) is -0.571. The van der Waals surface area contributed by atoms with Gasteiger partial charge in [-0.2, -0.15) is 13.2 Å². The number of piperidine rings is 1. The summed E-state index contributed by atoms with van der Waals surface area (Å²) < 4.78 is 43.9. The fourth-order valence-electron chi connectivity index (χ4n) is 4.91. The molecule has 186 valence electrons. The highest BCUT2D eigenvalue weighted by Crippen LogP contribution is 2.41. The Hall–Kier alpha value is -3.64. The zero-order valence-corrected chi connectivity index (χ0v) is 19.1. The van der Waals surface area contributed by atoms with Gasteiger partial charge in [0.2, 0.25) is 5.52 Å². The molecule has 0 saturated carbocycles. The van der Waals surface area contributed by atoms with Crippen molar-refractivity contribution in [2.75, 3.05) is 54.0 Å². The average Bonchev–Trinajstić information content (AvgIpc) is 3.32. The van der Waals surface area contributed by atoms with E-state index in [-0.39, 0.29) is 11.2 Å². The number of benzene rings is 1. The Labute approximate surface area is 198 Å². The summed E-state index contributed by atoms with van der Waals surface area (Å²) in [7, 11) is 0. The molecule has 13 heteroatoms. The third-order valence-electron chi connectivity index (χ3n) is 6.65. The number of nitro benzene ring substituents is 1. The highest BCUT2D eigenvalue weighted by Gasteiger charge is 2.34. The monoisotopic (exact) mass is 491 g/mol. The third kappa shape index (κ3) is 4.30. The molecule has 5 rings (SSSR count). The number of alkyl halides is 3. The zero-order valence-electron chi connectivity index (χ0n) is 19.1. The SMILES string of the molecule is Cc1cc(C(F)(F)F)cnc1N1CCN(c2cc(N3CCCCC3)c([N+](=O)[O-])c3nonc23)CC1. The molecule has 0 spiro atoms. The van der Waals surface area contributed by atoms with Crippen molar-refractivity contribution < 1.29 is 22.7 Å². The fourth-order valence-corrected chi connectivity index (χ4v) is 4.91. The van der Waals surface area contributed by atoms with Crippen LogP contribution in [0.5, 0.6) is 0 Å². The fraction of sp³-hybridized carbons (Fsp3) is 0.500. The number of anilines is 3. The van der Waals surface area contributed by atoms with Crippen molar-refractivity contribution in [1.82, 2.24) is 15.3 Å². The van der Waals surface area contributed by atoms with Gasteiger partial charge in [0.1, 0.15) is 11.5 Å². The molecule has 2 aromatic heterocycles. The number of pyridine rings is 1. The maximum atomic E-state index is 13.0. The van der Waals surface area contributed by atoms with Crippen molar-refractivity contribution in [1.29, 1.82) is 0 Å². The highest BCUT2D eigenvalue weighted by atomic mass is 19.4. The maximum absolute atomic E-state index is 13.0. The number of hydrogen-bond acceptors (Lipinski definition) is 9. The number of nitro groups is 1. The van der Waals surface area contributed by atoms with Crippen LogP contribution >= 0.6 is 0 Å². The van der Waals surface area contributed by atoms with Crippen LogP contribution in [-0.2, 0) is 6.18 Å². The summed E-state index contributed by atoms with van der Waals surface area (Å²) in [6.45, 7) is 5.16. The van der Waals surface area contributed by atoms with Crippen LogP contribution in [0.4, 0.5) is 36.1 Å². The van der Waals surface area contributed by atoms with Gasteiger partial charge >= 0.3 is 11.9 Å². The number of hydrogen-bond donors (Lipinski definition) is 0. The van der Waals surface area contributed by atoms with Crippen molar-refractivity contribution in [2.45, 2.75) is 32.4 Å². The first-order valence-corrected chi connectivity index (χ1v) is 11.5. The molecule has 35 heavy (non-hydrogen) atoms. The van der Waals surface area contributed by atoms with E-state index in [9.17, 15) is 23.3 Å². The van der Waals surface area contributed by atoms with Crippen molar-refractivity contribution in [3.05, 3.63) is 39.6 Å². The quantitative estimate of drug-likeness (QED) is 0.393. The second-order valence-corrected chi connectivity index (χ2v) is 8.87. The Morgan fingerprint density at radius 3 is 2.17 bits per heavy atom. The van der Waals surface area contributed by atoms with Crippen LogP contribution in [0.2, 0.25) is 0 Å². The van der Waals surface area contributed by atoms with Crippen LogP contribution in [0.15, 0.2) is 23.0 Å². The summed E-state index contributed by atoms with van der Waals surface area (Å²) in [4.78, 5) is 21.6. The maximum Gasteiger partial charge on any atom is 0.417 e. The molecule has 0 radical (unpaired) electrons. The largest absolute Gasteiger partial charge is 0.417 e. The van der Waals surface area contributed by atoms with Gasteiger partial charge in [0.25, 0.3) is 0 Å². The van der Waals surface area contributed by atoms with E-state index in [2.05, 4.69) is 20.2 Å². The Morgan fingerprint density at radius 2 is 1.54 bits per heavy atom. The lowest BCUT2D eigenvalue weighted by molar-refractivity contribution is -0.382. The molecule has 2 aliphatic heterocycles. The van der Waals surface area contributed by atoms with Gasteiger partial charge in [-0.1, -0.05) is 0 Å². The minimum atomic E-state index is -4.44. The molecular weight excluding hydrogens is 467 g/mol. The minimum absolute atomic E-state index is 0.102. The van der Waals surface area contributed by atoms with Crippen LogP contribution < -0.4 is 14.7 Å². The number of fused-ring (bicyclic) bond motifs is 1. The number of rotatable bonds is 4. The highest BCUT2D eigenvalue weighted by molar-refractivity contribution is 6.00. The van der Waals surface area contributed by atoms with Gasteiger partial charge in [0, 0.05) is 45.5 Å². The summed E-state index contributed by atoms with van der Waals surface area (Å²) in [5.74, 6) is 0.517. The summed E-state index contributed by atoms with van der Waals surface area (Å²) >= 11 is 0. The number of aromatic nitrogens is 3. The van der Waals surface area contributed by atoms with E-state index in [1.807, 2.05) is 9.80 Å².